The first-order chi connectivity index (χ1) is 13.7. The number of hydrogen-bond acceptors (Lipinski definition) is 9. The molecule has 0 aromatic rings. The second-order valence-electron chi connectivity index (χ2n) is 6.66. The van der Waals surface area contributed by atoms with Crippen molar-refractivity contribution in [1.82, 2.24) is 0 Å². The van der Waals surface area contributed by atoms with E-state index in [4.69, 9.17) is 14.6 Å². The largest absolute Gasteiger partial charge is 0.466 e. The third kappa shape index (κ3) is 6.37. The molecular formula is C20H26O9. The van der Waals surface area contributed by atoms with Gasteiger partial charge < -0.3 is 29.2 Å². The molecule has 29 heavy (non-hydrogen) atoms. The maximum atomic E-state index is 12.2. The highest BCUT2D eigenvalue weighted by Gasteiger charge is 2.41. The highest BCUT2D eigenvalue weighted by atomic mass is 16.6. The SMILES string of the molecule is C=CC1COC(=O)C(C=O)CC(O)C(C(=C)C(=O)OC)C(OC(=O)C(=C)CO)C1. The van der Waals surface area contributed by atoms with Crippen LogP contribution in [0.2, 0.25) is 0 Å². The van der Waals surface area contributed by atoms with E-state index in [9.17, 15) is 24.3 Å². The van der Waals surface area contributed by atoms with Crippen molar-refractivity contribution in [2.75, 3.05) is 20.3 Å². The summed E-state index contributed by atoms with van der Waals surface area (Å²) in [6.45, 7) is 9.89. The van der Waals surface area contributed by atoms with Gasteiger partial charge in [-0.25, -0.2) is 9.59 Å². The van der Waals surface area contributed by atoms with E-state index in [2.05, 4.69) is 24.5 Å². The molecule has 1 rings (SSSR count). The minimum absolute atomic E-state index is 0.0186. The number of aliphatic hydroxyl groups excluding tert-OH is 2. The van der Waals surface area contributed by atoms with E-state index in [1.807, 2.05) is 0 Å². The molecule has 0 bridgehead atoms. The second-order valence-corrected chi connectivity index (χ2v) is 6.66. The Balaban J connectivity index is 3.40. The fraction of sp³-hybridized carbons (Fsp3) is 0.500. The van der Waals surface area contributed by atoms with Crippen LogP contribution in [-0.4, -0.2) is 66.9 Å². The van der Waals surface area contributed by atoms with Crippen molar-refractivity contribution in [2.24, 2.45) is 17.8 Å². The third-order valence-electron chi connectivity index (χ3n) is 4.67. The molecule has 2 N–H and O–H groups in total. The van der Waals surface area contributed by atoms with Gasteiger partial charge in [-0.1, -0.05) is 19.2 Å². The Morgan fingerprint density at radius 3 is 2.45 bits per heavy atom. The molecule has 9 heteroatoms. The third-order valence-corrected chi connectivity index (χ3v) is 4.67. The van der Waals surface area contributed by atoms with Gasteiger partial charge in [0.05, 0.1) is 37.9 Å². The Kier molecular flexibility index (Phi) is 9.43. The van der Waals surface area contributed by atoms with Crippen LogP contribution in [0.25, 0.3) is 0 Å². The van der Waals surface area contributed by atoms with Gasteiger partial charge in [0.2, 0.25) is 0 Å². The van der Waals surface area contributed by atoms with Crippen LogP contribution in [0, 0.1) is 17.8 Å². The van der Waals surface area contributed by atoms with Crippen molar-refractivity contribution in [1.29, 1.82) is 0 Å². The van der Waals surface area contributed by atoms with Crippen LogP contribution in [0.5, 0.6) is 0 Å². The van der Waals surface area contributed by atoms with E-state index in [-0.39, 0.29) is 30.6 Å². The van der Waals surface area contributed by atoms with Crippen molar-refractivity contribution in [2.45, 2.75) is 25.0 Å². The highest BCUT2D eigenvalue weighted by Crippen LogP contribution is 2.32. The molecule has 160 valence electrons. The summed E-state index contributed by atoms with van der Waals surface area (Å²) in [5.41, 5.74) is -0.430. The van der Waals surface area contributed by atoms with Crippen LogP contribution in [0.4, 0.5) is 0 Å². The monoisotopic (exact) mass is 410 g/mol. The zero-order valence-electron chi connectivity index (χ0n) is 16.2. The van der Waals surface area contributed by atoms with Crippen LogP contribution in [0.15, 0.2) is 37.0 Å². The number of carbonyl (C=O) groups excluding carboxylic acids is 4. The van der Waals surface area contributed by atoms with Crippen LogP contribution in [0.1, 0.15) is 12.8 Å². The molecule has 0 amide bonds. The number of methoxy groups -OCH3 is 1. The van der Waals surface area contributed by atoms with Gasteiger partial charge in [0.25, 0.3) is 0 Å². The van der Waals surface area contributed by atoms with Crippen LogP contribution < -0.4 is 0 Å². The number of ether oxygens (including phenoxy) is 3. The summed E-state index contributed by atoms with van der Waals surface area (Å²) >= 11 is 0. The normalized spacial score (nSPS) is 27.7. The van der Waals surface area contributed by atoms with Crippen molar-refractivity contribution < 1.29 is 43.6 Å². The maximum Gasteiger partial charge on any atom is 0.336 e. The van der Waals surface area contributed by atoms with Crippen molar-refractivity contribution in [3.05, 3.63) is 37.0 Å². The second kappa shape index (κ2) is 11.3. The molecule has 0 aromatic heterocycles. The smallest absolute Gasteiger partial charge is 0.336 e. The lowest BCUT2D eigenvalue weighted by Gasteiger charge is -2.34. The van der Waals surface area contributed by atoms with E-state index in [0.717, 1.165) is 7.11 Å². The van der Waals surface area contributed by atoms with E-state index < -0.39 is 54.5 Å². The molecule has 1 saturated heterocycles. The topological polar surface area (TPSA) is 136 Å². The molecule has 0 radical (unpaired) electrons. The molecule has 1 aliphatic rings. The summed E-state index contributed by atoms with van der Waals surface area (Å²) in [4.78, 5) is 47.7. The highest BCUT2D eigenvalue weighted by molar-refractivity contribution is 5.90. The standard InChI is InChI=1S/C20H26O9/c1-5-13-6-16(29-18(24)11(2)8-21)17(12(3)19(25)27-4)15(23)7-14(9-22)20(26)28-10-13/h5,9,13-17,21,23H,1-3,6-8,10H2,4H3. The molecule has 0 aliphatic carbocycles. The zero-order chi connectivity index (χ0) is 22.1. The fourth-order valence-corrected chi connectivity index (χ4v) is 2.97. The molecule has 9 nitrogen and oxygen atoms in total. The molecule has 5 unspecified atom stereocenters. The Hall–Kier alpha value is -2.78. The first-order valence-electron chi connectivity index (χ1n) is 8.89. The quantitative estimate of drug-likeness (QED) is 0.150. The first-order valence-corrected chi connectivity index (χ1v) is 8.89. The van der Waals surface area contributed by atoms with Gasteiger partial charge in [0, 0.05) is 11.5 Å². The molecule has 1 fully saturated rings. The van der Waals surface area contributed by atoms with Crippen molar-refractivity contribution in [3.63, 3.8) is 0 Å². The maximum absolute atomic E-state index is 12.2. The van der Waals surface area contributed by atoms with Gasteiger partial charge in [0.1, 0.15) is 18.3 Å². The fourth-order valence-electron chi connectivity index (χ4n) is 2.97. The molecule has 0 saturated carbocycles. The summed E-state index contributed by atoms with van der Waals surface area (Å²) in [6, 6.07) is 0. The molecular weight excluding hydrogens is 384 g/mol. The molecule has 0 spiro atoms. The predicted octanol–water partition coefficient (Wildman–Crippen LogP) is 0.107. The molecule has 5 atom stereocenters. The summed E-state index contributed by atoms with van der Waals surface area (Å²) in [6.07, 6.45) is -1.16. The lowest BCUT2D eigenvalue weighted by molar-refractivity contribution is -0.159. The van der Waals surface area contributed by atoms with Crippen molar-refractivity contribution >= 4 is 24.2 Å². The first kappa shape index (κ1) is 24.3. The predicted molar refractivity (Wildman–Crippen MR) is 100 cm³/mol. The molecule has 1 heterocycles. The van der Waals surface area contributed by atoms with E-state index in [1.165, 1.54) is 6.08 Å². The van der Waals surface area contributed by atoms with Crippen molar-refractivity contribution in [3.8, 4) is 0 Å². The van der Waals surface area contributed by atoms with E-state index in [1.54, 1.807) is 0 Å². The lowest BCUT2D eigenvalue weighted by atomic mass is 9.80. The van der Waals surface area contributed by atoms with Gasteiger partial charge in [-0.05, 0) is 12.8 Å². The number of hydrogen-bond donors (Lipinski definition) is 2. The Morgan fingerprint density at radius 2 is 1.93 bits per heavy atom. The van der Waals surface area contributed by atoms with E-state index >= 15 is 0 Å². The number of rotatable bonds is 7. The van der Waals surface area contributed by atoms with Gasteiger partial charge in [-0.15, -0.1) is 6.58 Å². The summed E-state index contributed by atoms with van der Waals surface area (Å²) in [7, 11) is 1.12. The Morgan fingerprint density at radius 1 is 1.28 bits per heavy atom. The summed E-state index contributed by atoms with van der Waals surface area (Å²) in [5, 5.41) is 19.8. The van der Waals surface area contributed by atoms with Crippen LogP contribution in [-0.2, 0) is 33.4 Å². The number of carbonyl (C=O) groups is 4. The van der Waals surface area contributed by atoms with Gasteiger partial charge >= 0.3 is 17.9 Å². The van der Waals surface area contributed by atoms with Crippen LogP contribution in [0.3, 0.4) is 0 Å². The number of aldehydes is 1. The average molecular weight is 410 g/mol. The van der Waals surface area contributed by atoms with Crippen LogP contribution >= 0.6 is 0 Å². The molecule has 1 aliphatic heterocycles. The summed E-state index contributed by atoms with van der Waals surface area (Å²) in [5.74, 6) is -5.61. The number of aliphatic hydroxyl groups is 2. The Bertz CT molecular complexity index is 681. The minimum atomic E-state index is -1.46. The van der Waals surface area contributed by atoms with E-state index in [0.29, 0.717) is 6.29 Å². The van der Waals surface area contributed by atoms with Gasteiger partial charge in [0.15, 0.2) is 0 Å². The molecule has 0 aromatic carbocycles. The summed E-state index contributed by atoms with van der Waals surface area (Å²) < 4.78 is 15.2. The lowest BCUT2D eigenvalue weighted by Crippen LogP contribution is -2.43. The Labute approximate surface area is 168 Å². The number of cyclic esters (lactones) is 1. The average Bonchev–Trinajstić information content (AvgIpc) is 2.72. The number of esters is 3. The minimum Gasteiger partial charge on any atom is -0.466 e. The van der Waals surface area contributed by atoms with Gasteiger partial charge in [-0.3, -0.25) is 4.79 Å². The zero-order valence-corrected chi connectivity index (χ0v) is 16.2. The van der Waals surface area contributed by atoms with Gasteiger partial charge in [-0.2, -0.15) is 0 Å².